The van der Waals surface area contributed by atoms with Gasteiger partial charge in [-0.25, -0.2) is 4.79 Å². The lowest BCUT2D eigenvalue weighted by molar-refractivity contribution is -0.121. The molecule has 1 rings (SSSR count). The summed E-state index contributed by atoms with van der Waals surface area (Å²) in [6, 6.07) is 5.50. The van der Waals surface area contributed by atoms with E-state index in [2.05, 4.69) is 0 Å². The number of hydrogen-bond donors (Lipinski definition) is 2. The highest BCUT2D eigenvalue weighted by Crippen LogP contribution is 2.21. The quantitative estimate of drug-likeness (QED) is 0.870. The molecule has 0 radical (unpaired) electrons. The second-order valence-electron chi connectivity index (χ2n) is 5.59. The summed E-state index contributed by atoms with van der Waals surface area (Å²) in [5.41, 5.74) is 6.40. The third-order valence-electron chi connectivity index (χ3n) is 3.03. The van der Waals surface area contributed by atoms with Crippen LogP contribution in [0.25, 0.3) is 0 Å². The zero-order valence-electron chi connectivity index (χ0n) is 11.7. The molecule has 0 spiro atoms. The Balaban J connectivity index is 2.91. The second-order valence-corrected chi connectivity index (χ2v) is 5.59. The fourth-order valence-corrected chi connectivity index (χ4v) is 1.53. The van der Waals surface area contributed by atoms with Gasteiger partial charge < -0.3 is 15.7 Å². The van der Waals surface area contributed by atoms with Gasteiger partial charge in [0.05, 0.1) is 11.6 Å². The van der Waals surface area contributed by atoms with E-state index in [4.69, 9.17) is 10.8 Å². The van der Waals surface area contributed by atoms with Crippen LogP contribution in [0.2, 0.25) is 0 Å². The molecule has 3 N–H and O–H groups in total. The molecule has 1 amide bonds. The van der Waals surface area contributed by atoms with Crippen molar-refractivity contribution in [1.82, 2.24) is 0 Å². The van der Waals surface area contributed by atoms with Crippen molar-refractivity contribution in [3.63, 3.8) is 0 Å². The van der Waals surface area contributed by atoms with E-state index in [-0.39, 0.29) is 16.9 Å². The van der Waals surface area contributed by atoms with Gasteiger partial charge in [0.1, 0.15) is 0 Å². The molecule has 0 aliphatic heterocycles. The summed E-state index contributed by atoms with van der Waals surface area (Å²) in [5, 5.41) is 8.82. The topological polar surface area (TPSA) is 83.6 Å². The molecule has 0 saturated heterocycles. The van der Waals surface area contributed by atoms with Crippen LogP contribution in [0.3, 0.4) is 0 Å². The van der Waals surface area contributed by atoms with Crippen LogP contribution in [0.5, 0.6) is 0 Å². The lowest BCUT2D eigenvalue weighted by atomic mass is 9.86. The van der Waals surface area contributed by atoms with Crippen molar-refractivity contribution in [2.24, 2.45) is 11.1 Å². The highest BCUT2D eigenvalue weighted by atomic mass is 16.4. The van der Waals surface area contributed by atoms with Crippen LogP contribution in [-0.4, -0.2) is 30.1 Å². The van der Waals surface area contributed by atoms with Crippen LogP contribution in [-0.2, 0) is 4.79 Å². The average molecular weight is 264 g/mol. The van der Waals surface area contributed by atoms with Crippen molar-refractivity contribution >= 4 is 17.6 Å². The minimum atomic E-state index is -0.994. The van der Waals surface area contributed by atoms with E-state index in [1.165, 1.54) is 17.0 Å². The lowest BCUT2D eigenvalue weighted by Gasteiger charge is -2.30. The highest BCUT2D eigenvalue weighted by molar-refractivity contribution is 5.97. The second kappa shape index (κ2) is 5.40. The van der Waals surface area contributed by atoms with Gasteiger partial charge in [0.15, 0.2) is 0 Å². The summed E-state index contributed by atoms with van der Waals surface area (Å²) < 4.78 is 0. The number of anilines is 1. The summed E-state index contributed by atoms with van der Waals surface area (Å²) >= 11 is 0. The third kappa shape index (κ3) is 3.54. The number of carboxylic acids is 1. The molecule has 5 nitrogen and oxygen atoms in total. The summed E-state index contributed by atoms with van der Waals surface area (Å²) in [6.07, 6.45) is 0. The normalized spacial score (nSPS) is 12.9. The molecule has 1 aromatic carbocycles. The lowest BCUT2D eigenvalue weighted by Crippen LogP contribution is -2.49. The van der Waals surface area contributed by atoms with Gasteiger partial charge in [-0.3, -0.25) is 4.79 Å². The van der Waals surface area contributed by atoms with Gasteiger partial charge in [0.25, 0.3) is 0 Å². The smallest absolute Gasteiger partial charge is 0.335 e. The largest absolute Gasteiger partial charge is 0.478 e. The van der Waals surface area contributed by atoms with Gasteiger partial charge in [-0.1, -0.05) is 20.8 Å². The first kappa shape index (κ1) is 15.2. The third-order valence-corrected chi connectivity index (χ3v) is 3.03. The van der Waals surface area contributed by atoms with Gasteiger partial charge >= 0.3 is 5.97 Å². The molecule has 0 heterocycles. The Morgan fingerprint density at radius 1 is 1.21 bits per heavy atom. The monoisotopic (exact) mass is 264 g/mol. The molecular weight excluding hydrogens is 244 g/mol. The number of amides is 1. The molecular formula is C14H20N2O3. The fourth-order valence-electron chi connectivity index (χ4n) is 1.53. The Kier molecular flexibility index (Phi) is 4.32. The van der Waals surface area contributed by atoms with Crippen LogP contribution in [0.1, 0.15) is 31.1 Å². The molecule has 104 valence electrons. The Hall–Kier alpha value is -1.88. The molecule has 0 saturated carbocycles. The Bertz CT molecular complexity index is 474. The SMILES string of the molecule is CN(C(=O)[C@@H](N)C(C)(C)C)c1ccc(C(=O)O)cc1. The minimum Gasteiger partial charge on any atom is -0.478 e. The van der Waals surface area contributed by atoms with Gasteiger partial charge in [0, 0.05) is 12.7 Å². The Labute approximate surface area is 113 Å². The van der Waals surface area contributed by atoms with E-state index in [0.717, 1.165) is 0 Å². The van der Waals surface area contributed by atoms with E-state index >= 15 is 0 Å². The molecule has 19 heavy (non-hydrogen) atoms. The molecule has 0 unspecified atom stereocenters. The maximum Gasteiger partial charge on any atom is 0.335 e. The number of hydrogen-bond acceptors (Lipinski definition) is 3. The van der Waals surface area contributed by atoms with Crippen LogP contribution < -0.4 is 10.6 Å². The van der Waals surface area contributed by atoms with Gasteiger partial charge in [-0.05, 0) is 29.7 Å². The molecule has 0 bridgehead atoms. The van der Waals surface area contributed by atoms with E-state index in [1.54, 1.807) is 19.2 Å². The predicted molar refractivity (Wildman–Crippen MR) is 74.2 cm³/mol. The Morgan fingerprint density at radius 3 is 2.05 bits per heavy atom. The molecule has 0 aromatic heterocycles. The van der Waals surface area contributed by atoms with Crippen LogP contribution in [0, 0.1) is 5.41 Å². The van der Waals surface area contributed by atoms with Crippen LogP contribution in [0.15, 0.2) is 24.3 Å². The average Bonchev–Trinajstić information content (AvgIpc) is 2.35. The predicted octanol–water partition coefficient (Wildman–Crippen LogP) is 1.72. The molecule has 5 heteroatoms. The van der Waals surface area contributed by atoms with E-state index < -0.39 is 12.0 Å². The van der Waals surface area contributed by atoms with E-state index in [1.807, 2.05) is 20.8 Å². The van der Waals surface area contributed by atoms with Crippen LogP contribution >= 0.6 is 0 Å². The fraction of sp³-hybridized carbons (Fsp3) is 0.429. The number of carbonyl (C=O) groups excluding carboxylic acids is 1. The number of carbonyl (C=O) groups is 2. The molecule has 1 atom stereocenters. The first-order valence-corrected chi connectivity index (χ1v) is 6.01. The van der Waals surface area contributed by atoms with Gasteiger partial charge in [0.2, 0.25) is 5.91 Å². The summed E-state index contributed by atoms with van der Waals surface area (Å²) in [4.78, 5) is 24.4. The maximum atomic E-state index is 12.2. The number of rotatable bonds is 3. The number of benzene rings is 1. The van der Waals surface area contributed by atoms with Crippen molar-refractivity contribution in [2.45, 2.75) is 26.8 Å². The number of aromatic carboxylic acids is 1. The first-order chi connectivity index (χ1) is 8.64. The number of nitrogens with zero attached hydrogens (tertiary/aromatic N) is 1. The maximum absolute atomic E-state index is 12.2. The first-order valence-electron chi connectivity index (χ1n) is 6.01. The number of nitrogens with two attached hydrogens (primary N) is 1. The molecule has 0 fully saturated rings. The Morgan fingerprint density at radius 2 is 1.68 bits per heavy atom. The molecule has 0 aliphatic rings. The molecule has 0 aliphatic carbocycles. The van der Waals surface area contributed by atoms with Crippen molar-refractivity contribution < 1.29 is 14.7 Å². The summed E-state index contributed by atoms with van der Waals surface area (Å²) in [6.45, 7) is 5.70. The van der Waals surface area contributed by atoms with E-state index in [0.29, 0.717) is 5.69 Å². The highest BCUT2D eigenvalue weighted by Gasteiger charge is 2.30. The molecule has 1 aromatic rings. The zero-order valence-corrected chi connectivity index (χ0v) is 11.7. The van der Waals surface area contributed by atoms with Crippen LogP contribution in [0.4, 0.5) is 5.69 Å². The van der Waals surface area contributed by atoms with Gasteiger partial charge in [-0.2, -0.15) is 0 Å². The summed E-state index contributed by atoms with van der Waals surface area (Å²) in [7, 11) is 1.63. The standard InChI is InChI=1S/C14H20N2O3/c1-14(2,3)11(15)12(17)16(4)10-7-5-9(6-8-10)13(18)19/h5-8,11H,15H2,1-4H3,(H,18,19)/t11-/m1/s1. The van der Waals surface area contributed by atoms with Gasteiger partial charge in [-0.15, -0.1) is 0 Å². The summed E-state index contributed by atoms with van der Waals surface area (Å²) in [5.74, 6) is -1.19. The van der Waals surface area contributed by atoms with Crippen molar-refractivity contribution in [3.05, 3.63) is 29.8 Å². The van der Waals surface area contributed by atoms with Crippen molar-refractivity contribution in [1.29, 1.82) is 0 Å². The van der Waals surface area contributed by atoms with E-state index in [9.17, 15) is 9.59 Å². The zero-order chi connectivity index (χ0) is 14.8. The number of carboxylic acid groups (broad SMARTS) is 1. The minimum absolute atomic E-state index is 0.185. The number of likely N-dealkylation sites (N-methyl/N-ethyl adjacent to an activating group) is 1. The van der Waals surface area contributed by atoms with Crippen molar-refractivity contribution in [3.8, 4) is 0 Å². The van der Waals surface area contributed by atoms with Crippen molar-refractivity contribution in [2.75, 3.05) is 11.9 Å².